The van der Waals surface area contributed by atoms with Crippen molar-refractivity contribution >= 4 is 23.4 Å². The van der Waals surface area contributed by atoms with Crippen LogP contribution in [-0.4, -0.2) is 18.2 Å². The molecule has 122 valence electrons. The maximum absolute atomic E-state index is 13.5. The van der Waals surface area contributed by atoms with Crippen molar-refractivity contribution in [3.8, 4) is 0 Å². The Morgan fingerprint density at radius 2 is 2.00 bits per heavy atom. The van der Waals surface area contributed by atoms with Crippen LogP contribution in [-0.2, 0) is 11.3 Å². The Hall–Kier alpha value is -1.85. The molecule has 0 aliphatic carbocycles. The van der Waals surface area contributed by atoms with Gasteiger partial charge in [-0.3, -0.25) is 4.79 Å². The van der Waals surface area contributed by atoms with Gasteiger partial charge >= 0.3 is 0 Å². The molecule has 0 atom stereocenters. The molecule has 0 fully saturated rings. The van der Waals surface area contributed by atoms with Gasteiger partial charge in [0.25, 0.3) is 0 Å². The van der Waals surface area contributed by atoms with Gasteiger partial charge in [0.2, 0.25) is 5.91 Å². The van der Waals surface area contributed by atoms with Crippen LogP contribution in [0.1, 0.15) is 18.9 Å². The van der Waals surface area contributed by atoms with Gasteiger partial charge < -0.3 is 10.6 Å². The molecule has 2 rings (SSSR count). The van der Waals surface area contributed by atoms with Crippen molar-refractivity contribution < 1.29 is 9.18 Å². The first-order chi connectivity index (χ1) is 11.2. The highest BCUT2D eigenvalue weighted by Crippen LogP contribution is 2.22. The number of thioether (sulfide) groups is 1. The summed E-state index contributed by atoms with van der Waals surface area (Å²) in [6, 6.07) is 14.4. The molecule has 0 saturated carbocycles. The van der Waals surface area contributed by atoms with Crippen molar-refractivity contribution in [1.82, 2.24) is 5.32 Å². The van der Waals surface area contributed by atoms with E-state index >= 15 is 0 Å². The summed E-state index contributed by atoms with van der Waals surface area (Å²) in [5.41, 5.74) is 1.92. The van der Waals surface area contributed by atoms with Crippen molar-refractivity contribution in [2.45, 2.75) is 24.8 Å². The summed E-state index contributed by atoms with van der Waals surface area (Å²) < 4.78 is 13.5. The predicted octanol–water partition coefficient (Wildman–Crippen LogP) is 4.06. The Bertz CT molecular complexity index is 648. The number of amides is 1. The van der Waals surface area contributed by atoms with Crippen molar-refractivity contribution in [3.63, 3.8) is 0 Å². The topological polar surface area (TPSA) is 41.1 Å². The Morgan fingerprint density at radius 3 is 2.78 bits per heavy atom. The smallest absolute Gasteiger partial charge is 0.225 e. The summed E-state index contributed by atoms with van der Waals surface area (Å²) in [6.07, 6.45) is 0.344. The molecule has 1 amide bonds. The Balaban J connectivity index is 1.79. The highest BCUT2D eigenvalue weighted by atomic mass is 32.2. The van der Waals surface area contributed by atoms with E-state index in [1.807, 2.05) is 24.3 Å². The van der Waals surface area contributed by atoms with Crippen LogP contribution in [0.2, 0.25) is 0 Å². The largest absolute Gasteiger partial charge is 0.326 e. The third kappa shape index (κ3) is 6.04. The standard InChI is InChI=1S/C18H21FN2OS/c1-2-20-13-14-6-5-7-15(12-14)21-18(22)10-11-23-17-9-4-3-8-16(17)19/h3-9,12,20H,2,10-11,13H2,1H3,(H,21,22). The summed E-state index contributed by atoms with van der Waals surface area (Å²) in [4.78, 5) is 12.6. The summed E-state index contributed by atoms with van der Waals surface area (Å²) in [6.45, 7) is 3.74. The minimum Gasteiger partial charge on any atom is -0.326 e. The summed E-state index contributed by atoms with van der Waals surface area (Å²) in [7, 11) is 0. The normalized spacial score (nSPS) is 10.5. The van der Waals surface area contributed by atoms with Crippen molar-refractivity contribution in [2.75, 3.05) is 17.6 Å². The second-order valence-corrected chi connectivity index (χ2v) is 6.19. The molecule has 0 saturated heterocycles. The van der Waals surface area contributed by atoms with Crippen LogP contribution in [0.4, 0.5) is 10.1 Å². The minimum absolute atomic E-state index is 0.0607. The number of halogens is 1. The van der Waals surface area contributed by atoms with Crippen LogP contribution >= 0.6 is 11.8 Å². The average molecular weight is 332 g/mol. The van der Waals surface area contributed by atoms with Gasteiger partial charge in [0.05, 0.1) is 0 Å². The quantitative estimate of drug-likeness (QED) is 0.716. The maximum atomic E-state index is 13.5. The molecule has 2 aromatic rings. The monoisotopic (exact) mass is 332 g/mol. The van der Waals surface area contributed by atoms with E-state index in [0.29, 0.717) is 17.1 Å². The van der Waals surface area contributed by atoms with Crippen LogP contribution in [0.3, 0.4) is 0 Å². The predicted molar refractivity (Wildman–Crippen MR) is 94.2 cm³/mol. The zero-order chi connectivity index (χ0) is 16.5. The van der Waals surface area contributed by atoms with E-state index in [4.69, 9.17) is 0 Å². The van der Waals surface area contributed by atoms with Crippen LogP contribution in [0.15, 0.2) is 53.4 Å². The van der Waals surface area contributed by atoms with E-state index in [1.165, 1.54) is 17.8 Å². The number of hydrogen-bond acceptors (Lipinski definition) is 3. The van der Waals surface area contributed by atoms with Gasteiger partial charge in [-0.2, -0.15) is 0 Å². The molecule has 0 aliphatic heterocycles. The van der Waals surface area contributed by atoms with Gasteiger partial charge in [0.15, 0.2) is 0 Å². The average Bonchev–Trinajstić information content (AvgIpc) is 2.55. The number of anilines is 1. The van der Waals surface area contributed by atoms with Gasteiger partial charge in [-0.1, -0.05) is 31.2 Å². The van der Waals surface area contributed by atoms with E-state index in [2.05, 4.69) is 17.6 Å². The van der Waals surface area contributed by atoms with Crippen molar-refractivity contribution in [3.05, 3.63) is 59.9 Å². The summed E-state index contributed by atoms with van der Waals surface area (Å²) in [5, 5.41) is 6.14. The minimum atomic E-state index is -0.242. The van der Waals surface area contributed by atoms with Gasteiger partial charge in [0.1, 0.15) is 5.82 Å². The molecule has 0 radical (unpaired) electrons. The number of benzene rings is 2. The third-order valence-electron chi connectivity index (χ3n) is 3.21. The molecule has 0 bridgehead atoms. The Labute approximate surface area is 140 Å². The summed E-state index contributed by atoms with van der Waals surface area (Å²) in [5.74, 6) is 0.243. The van der Waals surface area contributed by atoms with Crippen LogP contribution in [0.5, 0.6) is 0 Å². The van der Waals surface area contributed by atoms with Gasteiger partial charge in [-0.15, -0.1) is 11.8 Å². The summed E-state index contributed by atoms with van der Waals surface area (Å²) >= 11 is 1.35. The fourth-order valence-electron chi connectivity index (χ4n) is 2.07. The number of carbonyl (C=O) groups is 1. The second-order valence-electron chi connectivity index (χ2n) is 5.06. The molecule has 0 aliphatic rings. The van der Waals surface area contributed by atoms with E-state index < -0.39 is 0 Å². The first-order valence-corrected chi connectivity index (χ1v) is 8.64. The van der Waals surface area contributed by atoms with Crippen molar-refractivity contribution in [1.29, 1.82) is 0 Å². The van der Waals surface area contributed by atoms with E-state index in [9.17, 15) is 9.18 Å². The lowest BCUT2D eigenvalue weighted by molar-refractivity contribution is -0.115. The molecule has 0 heterocycles. The van der Waals surface area contributed by atoms with E-state index in [1.54, 1.807) is 18.2 Å². The van der Waals surface area contributed by atoms with Crippen molar-refractivity contribution in [2.24, 2.45) is 0 Å². The first kappa shape index (κ1) is 17.5. The number of carbonyl (C=O) groups excluding carboxylic acids is 1. The molecule has 0 aromatic heterocycles. The highest BCUT2D eigenvalue weighted by molar-refractivity contribution is 7.99. The third-order valence-corrected chi connectivity index (χ3v) is 4.26. The second kappa shape index (κ2) is 9.33. The van der Waals surface area contributed by atoms with Gasteiger partial charge in [0, 0.05) is 29.3 Å². The molecular weight excluding hydrogens is 311 g/mol. The lowest BCUT2D eigenvalue weighted by Crippen LogP contribution is -2.14. The molecule has 5 heteroatoms. The number of nitrogens with one attached hydrogen (secondary N) is 2. The SMILES string of the molecule is CCNCc1cccc(NC(=O)CCSc2ccccc2F)c1. The molecule has 0 spiro atoms. The maximum Gasteiger partial charge on any atom is 0.225 e. The van der Waals surface area contributed by atoms with Gasteiger partial charge in [-0.25, -0.2) is 4.39 Å². The number of hydrogen-bond donors (Lipinski definition) is 2. The van der Waals surface area contributed by atoms with Gasteiger partial charge in [-0.05, 0) is 36.4 Å². The molecule has 2 aromatic carbocycles. The lowest BCUT2D eigenvalue weighted by atomic mass is 10.2. The van der Waals surface area contributed by atoms with Crippen LogP contribution in [0, 0.1) is 5.82 Å². The molecular formula is C18H21FN2OS. The first-order valence-electron chi connectivity index (χ1n) is 7.66. The zero-order valence-corrected chi connectivity index (χ0v) is 14.0. The fourth-order valence-corrected chi connectivity index (χ4v) is 2.96. The molecule has 2 N–H and O–H groups in total. The fraction of sp³-hybridized carbons (Fsp3) is 0.278. The van der Waals surface area contributed by atoms with E-state index in [-0.39, 0.29) is 11.7 Å². The lowest BCUT2D eigenvalue weighted by Gasteiger charge is -2.08. The Kier molecular flexibility index (Phi) is 7.10. The van der Waals surface area contributed by atoms with Crippen LogP contribution in [0.25, 0.3) is 0 Å². The molecule has 23 heavy (non-hydrogen) atoms. The molecule has 3 nitrogen and oxygen atoms in total. The zero-order valence-electron chi connectivity index (χ0n) is 13.1. The number of rotatable bonds is 8. The van der Waals surface area contributed by atoms with E-state index in [0.717, 1.165) is 24.3 Å². The molecule has 0 unspecified atom stereocenters. The highest BCUT2D eigenvalue weighted by Gasteiger charge is 2.06. The van der Waals surface area contributed by atoms with Crippen LogP contribution < -0.4 is 10.6 Å². The Morgan fingerprint density at radius 1 is 1.17 bits per heavy atom.